The third-order valence-corrected chi connectivity index (χ3v) is 1.87. The van der Waals surface area contributed by atoms with Crippen LogP contribution in [-0.2, 0) is 0 Å². The highest BCUT2D eigenvalue weighted by Gasteiger charge is 2.00. The maximum atomic E-state index is 8.60. The zero-order valence-corrected chi connectivity index (χ0v) is 8.25. The van der Waals surface area contributed by atoms with Crippen LogP contribution in [0.1, 0.15) is 25.3 Å². The first-order chi connectivity index (χ1) is 6.77. The van der Waals surface area contributed by atoms with Gasteiger partial charge in [0.15, 0.2) is 0 Å². The highest BCUT2D eigenvalue weighted by Crippen LogP contribution is 2.15. The Bertz CT molecular complexity index is 340. The number of nitrogens with one attached hydrogen (secondary N) is 1. The van der Waals surface area contributed by atoms with Crippen molar-refractivity contribution in [2.75, 3.05) is 17.6 Å². The summed E-state index contributed by atoms with van der Waals surface area (Å²) in [5.41, 5.74) is 6.72. The van der Waals surface area contributed by atoms with E-state index < -0.39 is 0 Å². The SMILES string of the molecule is CCCCNc1ncc(C#N)cc1N. The summed E-state index contributed by atoms with van der Waals surface area (Å²) in [6, 6.07) is 3.62. The van der Waals surface area contributed by atoms with Crippen molar-refractivity contribution in [3.8, 4) is 6.07 Å². The van der Waals surface area contributed by atoms with Crippen LogP contribution in [0.2, 0.25) is 0 Å². The first kappa shape index (κ1) is 10.3. The molecule has 0 atom stereocenters. The zero-order chi connectivity index (χ0) is 10.4. The van der Waals surface area contributed by atoms with Crippen molar-refractivity contribution in [3.63, 3.8) is 0 Å². The molecule has 0 amide bonds. The molecule has 0 saturated carbocycles. The maximum Gasteiger partial charge on any atom is 0.149 e. The van der Waals surface area contributed by atoms with Gasteiger partial charge in [0.25, 0.3) is 0 Å². The molecule has 0 saturated heterocycles. The topological polar surface area (TPSA) is 74.7 Å². The number of nitrogens with two attached hydrogens (primary N) is 1. The minimum absolute atomic E-state index is 0.489. The molecule has 1 heterocycles. The van der Waals surface area contributed by atoms with Crippen molar-refractivity contribution in [1.29, 1.82) is 5.26 Å². The Morgan fingerprint density at radius 1 is 1.64 bits per heavy atom. The van der Waals surface area contributed by atoms with Crippen LogP contribution in [-0.4, -0.2) is 11.5 Å². The molecular formula is C10H14N4. The maximum absolute atomic E-state index is 8.60. The molecule has 74 valence electrons. The van der Waals surface area contributed by atoms with Gasteiger partial charge < -0.3 is 11.1 Å². The molecule has 0 aliphatic heterocycles. The summed E-state index contributed by atoms with van der Waals surface area (Å²) in [5.74, 6) is 0.664. The summed E-state index contributed by atoms with van der Waals surface area (Å²) < 4.78 is 0. The van der Waals surface area contributed by atoms with E-state index in [0.717, 1.165) is 19.4 Å². The van der Waals surface area contributed by atoms with Gasteiger partial charge >= 0.3 is 0 Å². The minimum atomic E-state index is 0.489. The summed E-state index contributed by atoms with van der Waals surface area (Å²) in [6.07, 6.45) is 3.73. The summed E-state index contributed by atoms with van der Waals surface area (Å²) in [6.45, 7) is 2.98. The quantitative estimate of drug-likeness (QED) is 0.709. The van der Waals surface area contributed by atoms with Gasteiger partial charge in [-0.3, -0.25) is 0 Å². The van der Waals surface area contributed by atoms with Crippen molar-refractivity contribution < 1.29 is 0 Å². The molecule has 0 aliphatic carbocycles. The van der Waals surface area contributed by atoms with Crippen molar-refractivity contribution in [2.45, 2.75) is 19.8 Å². The number of hydrogen-bond donors (Lipinski definition) is 2. The second kappa shape index (κ2) is 5.07. The number of nitriles is 1. The van der Waals surface area contributed by atoms with Crippen LogP contribution in [0.15, 0.2) is 12.3 Å². The molecular weight excluding hydrogens is 176 g/mol. The van der Waals surface area contributed by atoms with Crippen molar-refractivity contribution >= 4 is 11.5 Å². The molecule has 14 heavy (non-hydrogen) atoms. The predicted molar refractivity (Wildman–Crippen MR) is 56.8 cm³/mol. The van der Waals surface area contributed by atoms with Gasteiger partial charge in [0.05, 0.1) is 11.3 Å². The molecule has 1 rings (SSSR count). The Kier molecular flexibility index (Phi) is 3.74. The average molecular weight is 190 g/mol. The van der Waals surface area contributed by atoms with Crippen molar-refractivity contribution in [2.24, 2.45) is 0 Å². The fourth-order valence-corrected chi connectivity index (χ4v) is 1.07. The highest BCUT2D eigenvalue weighted by atomic mass is 15.0. The Balaban J connectivity index is 2.65. The number of nitrogen functional groups attached to an aromatic ring is 1. The smallest absolute Gasteiger partial charge is 0.149 e. The van der Waals surface area contributed by atoms with Crippen LogP contribution in [0.3, 0.4) is 0 Å². The summed E-state index contributed by atoms with van der Waals surface area (Å²) >= 11 is 0. The van der Waals surface area contributed by atoms with Crippen molar-refractivity contribution in [1.82, 2.24) is 4.98 Å². The molecule has 1 aromatic heterocycles. The van der Waals surface area contributed by atoms with Gasteiger partial charge in [0, 0.05) is 12.7 Å². The molecule has 0 unspecified atom stereocenters. The second-order valence-electron chi connectivity index (χ2n) is 3.05. The van der Waals surface area contributed by atoms with E-state index in [4.69, 9.17) is 11.0 Å². The number of anilines is 2. The van der Waals surface area contributed by atoms with Gasteiger partial charge in [-0.05, 0) is 12.5 Å². The number of rotatable bonds is 4. The first-order valence-electron chi connectivity index (χ1n) is 4.67. The Morgan fingerprint density at radius 3 is 3.00 bits per heavy atom. The monoisotopic (exact) mass is 190 g/mol. The lowest BCUT2D eigenvalue weighted by Gasteiger charge is -2.06. The van der Waals surface area contributed by atoms with Crippen LogP contribution in [0.5, 0.6) is 0 Å². The number of pyridine rings is 1. The van der Waals surface area contributed by atoms with Gasteiger partial charge in [-0.1, -0.05) is 13.3 Å². The van der Waals surface area contributed by atoms with Crippen LogP contribution in [0, 0.1) is 11.3 Å². The van der Waals surface area contributed by atoms with E-state index in [1.54, 1.807) is 6.07 Å². The van der Waals surface area contributed by atoms with Gasteiger partial charge in [-0.15, -0.1) is 0 Å². The summed E-state index contributed by atoms with van der Waals surface area (Å²) in [7, 11) is 0. The predicted octanol–water partition coefficient (Wildman–Crippen LogP) is 1.75. The van der Waals surface area contributed by atoms with Gasteiger partial charge in [-0.25, -0.2) is 4.98 Å². The molecule has 1 aromatic rings. The Hall–Kier alpha value is -1.76. The second-order valence-corrected chi connectivity index (χ2v) is 3.05. The third kappa shape index (κ3) is 2.63. The minimum Gasteiger partial charge on any atom is -0.396 e. The standard InChI is InChI=1S/C10H14N4/c1-2-3-4-13-10-9(12)5-8(6-11)7-14-10/h5,7H,2-4,12H2,1H3,(H,13,14). The molecule has 0 aromatic carbocycles. The van der Waals surface area contributed by atoms with Crippen LogP contribution >= 0.6 is 0 Å². The Morgan fingerprint density at radius 2 is 2.43 bits per heavy atom. The normalized spacial score (nSPS) is 9.43. The van der Waals surface area contributed by atoms with Gasteiger partial charge in [0.2, 0.25) is 0 Å². The number of hydrogen-bond acceptors (Lipinski definition) is 4. The molecule has 0 bridgehead atoms. The average Bonchev–Trinajstić information content (AvgIpc) is 2.20. The van der Waals surface area contributed by atoms with E-state index in [0.29, 0.717) is 17.1 Å². The van der Waals surface area contributed by atoms with E-state index in [1.165, 1.54) is 6.20 Å². The summed E-state index contributed by atoms with van der Waals surface area (Å²) in [5, 5.41) is 11.7. The number of unbranched alkanes of at least 4 members (excludes halogenated alkanes) is 1. The van der Waals surface area contributed by atoms with Crippen molar-refractivity contribution in [3.05, 3.63) is 17.8 Å². The molecule has 3 N–H and O–H groups in total. The largest absolute Gasteiger partial charge is 0.396 e. The molecule has 0 fully saturated rings. The molecule has 4 heteroatoms. The van der Waals surface area contributed by atoms with E-state index in [9.17, 15) is 0 Å². The van der Waals surface area contributed by atoms with E-state index in [1.807, 2.05) is 6.07 Å². The molecule has 4 nitrogen and oxygen atoms in total. The van der Waals surface area contributed by atoms with E-state index >= 15 is 0 Å². The van der Waals surface area contributed by atoms with Crippen LogP contribution in [0.25, 0.3) is 0 Å². The van der Waals surface area contributed by atoms with Gasteiger partial charge in [0.1, 0.15) is 11.9 Å². The first-order valence-corrected chi connectivity index (χ1v) is 4.67. The number of aromatic nitrogens is 1. The lowest BCUT2D eigenvalue weighted by molar-refractivity contribution is 0.831. The molecule has 0 aliphatic rings. The molecule has 0 spiro atoms. The van der Waals surface area contributed by atoms with E-state index in [2.05, 4.69) is 17.2 Å². The fourth-order valence-electron chi connectivity index (χ4n) is 1.07. The molecule has 0 radical (unpaired) electrons. The van der Waals surface area contributed by atoms with E-state index in [-0.39, 0.29) is 0 Å². The highest BCUT2D eigenvalue weighted by molar-refractivity contribution is 5.62. The Labute approximate surface area is 83.8 Å². The van der Waals surface area contributed by atoms with Crippen LogP contribution in [0.4, 0.5) is 11.5 Å². The number of nitrogens with zero attached hydrogens (tertiary/aromatic N) is 2. The lowest BCUT2D eigenvalue weighted by Crippen LogP contribution is -2.06. The fraction of sp³-hybridized carbons (Fsp3) is 0.400. The van der Waals surface area contributed by atoms with Gasteiger partial charge in [-0.2, -0.15) is 5.26 Å². The summed E-state index contributed by atoms with van der Waals surface area (Å²) in [4.78, 5) is 4.06. The third-order valence-electron chi connectivity index (χ3n) is 1.87. The lowest BCUT2D eigenvalue weighted by atomic mass is 10.2. The zero-order valence-electron chi connectivity index (χ0n) is 8.25. The van der Waals surface area contributed by atoms with Crippen LogP contribution < -0.4 is 11.1 Å².